The Balaban J connectivity index is 1.79. The standard InChI is InChI=1S/C15H19N3O3/c1-3-10(9(2)16)15-17-14(18-21-15)13-8-19-11-6-4-5-7-12(11)20-13/h4-7,9-10,13H,3,8,16H2,1-2H3. The molecule has 1 aromatic heterocycles. The summed E-state index contributed by atoms with van der Waals surface area (Å²) >= 11 is 0. The van der Waals surface area contributed by atoms with Gasteiger partial charge in [-0.25, -0.2) is 0 Å². The van der Waals surface area contributed by atoms with Gasteiger partial charge in [-0.15, -0.1) is 0 Å². The third-order valence-electron chi connectivity index (χ3n) is 3.65. The number of ether oxygens (including phenoxy) is 2. The molecule has 6 heteroatoms. The monoisotopic (exact) mass is 289 g/mol. The number of fused-ring (bicyclic) bond motifs is 1. The predicted octanol–water partition coefficient (Wildman–Crippen LogP) is 2.42. The molecule has 0 saturated carbocycles. The van der Waals surface area contributed by atoms with Gasteiger partial charge in [0.05, 0.1) is 5.92 Å². The maximum absolute atomic E-state index is 5.95. The second-order valence-electron chi connectivity index (χ2n) is 5.23. The van der Waals surface area contributed by atoms with Crippen LogP contribution < -0.4 is 15.2 Å². The minimum absolute atomic E-state index is 0.0347. The number of nitrogens with two attached hydrogens (primary N) is 1. The molecule has 3 unspecified atom stereocenters. The van der Waals surface area contributed by atoms with E-state index in [4.69, 9.17) is 19.7 Å². The van der Waals surface area contributed by atoms with E-state index in [2.05, 4.69) is 10.1 Å². The first-order valence-corrected chi connectivity index (χ1v) is 7.16. The highest BCUT2D eigenvalue weighted by Gasteiger charge is 2.29. The van der Waals surface area contributed by atoms with Gasteiger partial charge in [-0.05, 0) is 25.5 Å². The summed E-state index contributed by atoms with van der Waals surface area (Å²) in [4.78, 5) is 4.44. The van der Waals surface area contributed by atoms with E-state index in [1.54, 1.807) is 0 Å². The van der Waals surface area contributed by atoms with Crippen LogP contribution in [0.3, 0.4) is 0 Å². The van der Waals surface area contributed by atoms with Gasteiger partial charge in [0.15, 0.2) is 17.6 Å². The Morgan fingerprint density at radius 1 is 1.33 bits per heavy atom. The molecule has 0 fully saturated rings. The molecule has 1 aliphatic heterocycles. The molecule has 1 aliphatic rings. The van der Waals surface area contributed by atoms with Crippen molar-refractivity contribution in [2.24, 2.45) is 5.73 Å². The van der Waals surface area contributed by atoms with Crippen LogP contribution in [0.1, 0.15) is 44.0 Å². The smallest absolute Gasteiger partial charge is 0.231 e. The molecule has 21 heavy (non-hydrogen) atoms. The average molecular weight is 289 g/mol. The number of hydrogen-bond acceptors (Lipinski definition) is 6. The second kappa shape index (κ2) is 5.73. The van der Waals surface area contributed by atoms with E-state index in [0.29, 0.717) is 24.1 Å². The Hall–Kier alpha value is -2.08. The van der Waals surface area contributed by atoms with Gasteiger partial charge in [0.2, 0.25) is 11.7 Å². The molecule has 3 rings (SSSR count). The van der Waals surface area contributed by atoms with E-state index in [1.165, 1.54) is 0 Å². The lowest BCUT2D eigenvalue weighted by molar-refractivity contribution is 0.0832. The van der Waals surface area contributed by atoms with Crippen LogP contribution in [-0.4, -0.2) is 22.8 Å². The molecule has 2 aromatic rings. The maximum atomic E-state index is 5.95. The zero-order chi connectivity index (χ0) is 14.8. The molecular weight excluding hydrogens is 270 g/mol. The Kier molecular flexibility index (Phi) is 3.79. The lowest BCUT2D eigenvalue weighted by atomic mass is 9.99. The minimum Gasteiger partial charge on any atom is -0.485 e. The van der Waals surface area contributed by atoms with Gasteiger partial charge in [-0.1, -0.05) is 24.2 Å². The Morgan fingerprint density at radius 2 is 2.10 bits per heavy atom. The second-order valence-corrected chi connectivity index (χ2v) is 5.23. The predicted molar refractivity (Wildman–Crippen MR) is 76.3 cm³/mol. The van der Waals surface area contributed by atoms with Crippen molar-refractivity contribution in [2.45, 2.75) is 38.3 Å². The maximum Gasteiger partial charge on any atom is 0.231 e. The summed E-state index contributed by atoms with van der Waals surface area (Å²) in [6.45, 7) is 4.35. The van der Waals surface area contributed by atoms with Crippen LogP contribution in [0.4, 0.5) is 0 Å². The third-order valence-corrected chi connectivity index (χ3v) is 3.65. The molecule has 0 aliphatic carbocycles. The molecule has 3 atom stereocenters. The van der Waals surface area contributed by atoms with Crippen LogP contribution >= 0.6 is 0 Å². The fraction of sp³-hybridized carbons (Fsp3) is 0.467. The summed E-state index contributed by atoms with van der Waals surface area (Å²) in [6, 6.07) is 7.50. The minimum atomic E-state index is -0.358. The summed E-state index contributed by atoms with van der Waals surface area (Å²) in [7, 11) is 0. The Bertz CT molecular complexity index is 612. The number of hydrogen-bond donors (Lipinski definition) is 1. The summed E-state index contributed by atoms with van der Waals surface area (Å²) in [5.41, 5.74) is 5.95. The van der Waals surface area contributed by atoms with Crippen molar-refractivity contribution in [3.63, 3.8) is 0 Å². The van der Waals surface area contributed by atoms with Crippen molar-refractivity contribution >= 4 is 0 Å². The lowest BCUT2D eigenvalue weighted by Gasteiger charge is -2.24. The van der Waals surface area contributed by atoms with Crippen LogP contribution in [0.25, 0.3) is 0 Å². The molecule has 2 heterocycles. The normalized spacial score (nSPS) is 20.0. The number of nitrogens with zero attached hydrogens (tertiary/aromatic N) is 2. The van der Waals surface area contributed by atoms with Crippen molar-refractivity contribution in [1.82, 2.24) is 10.1 Å². The highest BCUT2D eigenvalue weighted by atomic mass is 16.6. The van der Waals surface area contributed by atoms with Crippen molar-refractivity contribution in [3.05, 3.63) is 36.0 Å². The van der Waals surface area contributed by atoms with Crippen molar-refractivity contribution in [1.29, 1.82) is 0 Å². The van der Waals surface area contributed by atoms with Gasteiger partial charge >= 0.3 is 0 Å². The molecule has 0 radical (unpaired) electrons. The summed E-state index contributed by atoms with van der Waals surface area (Å²) in [5.74, 6) is 2.55. The fourth-order valence-electron chi connectivity index (χ4n) is 2.45. The molecule has 2 N–H and O–H groups in total. The fourth-order valence-corrected chi connectivity index (χ4v) is 2.45. The molecule has 0 amide bonds. The van der Waals surface area contributed by atoms with Crippen LogP contribution in [0.2, 0.25) is 0 Å². The van der Waals surface area contributed by atoms with Crippen LogP contribution in [0.5, 0.6) is 11.5 Å². The van der Waals surface area contributed by atoms with E-state index in [1.807, 2.05) is 38.1 Å². The summed E-state index contributed by atoms with van der Waals surface area (Å²) in [6.07, 6.45) is 0.493. The highest BCUT2D eigenvalue weighted by molar-refractivity contribution is 5.40. The highest BCUT2D eigenvalue weighted by Crippen LogP contribution is 2.35. The van der Waals surface area contributed by atoms with Gasteiger partial charge in [0, 0.05) is 6.04 Å². The zero-order valence-corrected chi connectivity index (χ0v) is 12.2. The number of para-hydroxylation sites is 2. The van der Waals surface area contributed by atoms with Crippen LogP contribution in [-0.2, 0) is 0 Å². The molecular formula is C15H19N3O3. The Morgan fingerprint density at radius 3 is 2.81 bits per heavy atom. The lowest BCUT2D eigenvalue weighted by Crippen LogP contribution is -2.25. The Labute approximate surface area is 123 Å². The molecule has 1 aromatic carbocycles. The van der Waals surface area contributed by atoms with Crippen molar-refractivity contribution in [2.75, 3.05) is 6.61 Å². The van der Waals surface area contributed by atoms with E-state index in [-0.39, 0.29) is 18.1 Å². The number of rotatable bonds is 4. The average Bonchev–Trinajstić information content (AvgIpc) is 2.96. The summed E-state index contributed by atoms with van der Waals surface area (Å²) in [5, 5.41) is 4.02. The topological polar surface area (TPSA) is 83.4 Å². The van der Waals surface area contributed by atoms with Crippen molar-refractivity contribution < 1.29 is 14.0 Å². The van der Waals surface area contributed by atoms with Gasteiger partial charge in [0.1, 0.15) is 6.61 Å². The number of benzene rings is 1. The van der Waals surface area contributed by atoms with Gasteiger partial charge in [0.25, 0.3) is 0 Å². The first-order chi connectivity index (χ1) is 10.2. The molecule has 112 valence electrons. The molecule has 0 spiro atoms. The van der Waals surface area contributed by atoms with Crippen molar-refractivity contribution in [3.8, 4) is 11.5 Å². The van der Waals surface area contributed by atoms with Crippen LogP contribution in [0.15, 0.2) is 28.8 Å². The van der Waals surface area contributed by atoms with Gasteiger partial charge < -0.3 is 19.7 Å². The van der Waals surface area contributed by atoms with E-state index >= 15 is 0 Å². The first kappa shape index (κ1) is 13.9. The number of aromatic nitrogens is 2. The van der Waals surface area contributed by atoms with E-state index in [0.717, 1.165) is 12.2 Å². The van der Waals surface area contributed by atoms with Gasteiger partial charge in [-0.3, -0.25) is 0 Å². The largest absolute Gasteiger partial charge is 0.485 e. The molecule has 0 saturated heterocycles. The first-order valence-electron chi connectivity index (χ1n) is 7.16. The van der Waals surface area contributed by atoms with E-state index < -0.39 is 0 Å². The quantitative estimate of drug-likeness (QED) is 0.930. The SMILES string of the molecule is CCC(c1nc(C2COc3ccccc3O2)no1)C(C)N. The molecule has 6 nitrogen and oxygen atoms in total. The molecule has 0 bridgehead atoms. The van der Waals surface area contributed by atoms with E-state index in [9.17, 15) is 0 Å². The zero-order valence-electron chi connectivity index (χ0n) is 12.2. The summed E-state index contributed by atoms with van der Waals surface area (Å²) < 4.78 is 16.9. The third kappa shape index (κ3) is 2.71. The van der Waals surface area contributed by atoms with Gasteiger partial charge in [-0.2, -0.15) is 4.98 Å². The van der Waals surface area contributed by atoms with Crippen LogP contribution in [0, 0.1) is 0 Å².